The van der Waals surface area contributed by atoms with E-state index in [9.17, 15) is 4.79 Å². The summed E-state index contributed by atoms with van der Waals surface area (Å²) in [5, 5.41) is 3.00. The summed E-state index contributed by atoms with van der Waals surface area (Å²) in [6.45, 7) is 13.4. The topological polar surface area (TPSA) is 47.6 Å². The summed E-state index contributed by atoms with van der Waals surface area (Å²) in [6, 6.07) is 7.79. The zero-order valence-electron chi connectivity index (χ0n) is 15.9. The monoisotopic (exact) mass is 349 g/mol. The van der Waals surface area contributed by atoms with Crippen molar-refractivity contribution in [2.45, 2.75) is 70.3 Å². The Balaban J connectivity index is 2.26. The van der Waals surface area contributed by atoms with Crippen LogP contribution in [0.25, 0.3) is 0 Å². The molecule has 134 valence electrons. The Morgan fingerprint density at radius 2 is 1.46 bits per heavy atom. The Morgan fingerprint density at radius 1 is 0.958 bits per heavy atom. The first-order chi connectivity index (χ1) is 11.2. The Bertz CT molecular complexity index is 547. The highest BCUT2D eigenvalue weighted by molar-refractivity contribution is 6.77. The number of carbonyl (C=O) groups is 1. The van der Waals surface area contributed by atoms with E-state index in [4.69, 9.17) is 9.16 Å². The third kappa shape index (κ3) is 3.24. The van der Waals surface area contributed by atoms with E-state index in [2.05, 4.69) is 46.9 Å². The van der Waals surface area contributed by atoms with Crippen LogP contribution in [0.1, 0.15) is 53.1 Å². The van der Waals surface area contributed by atoms with Crippen molar-refractivity contribution in [1.29, 1.82) is 0 Å². The third-order valence-corrected chi connectivity index (χ3v) is 11.4. The van der Waals surface area contributed by atoms with Crippen LogP contribution in [0.2, 0.25) is 16.6 Å². The number of amides is 1. The molecular formula is C19H31NO3Si. The fourth-order valence-electron chi connectivity index (χ4n) is 4.19. The van der Waals surface area contributed by atoms with Gasteiger partial charge in [0.15, 0.2) is 0 Å². The molecular weight excluding hydrogens is 318 g/mol. The van der Waals surface area contributed by atoms with Gasteiger partial charge in [0.2, 0.25) is 8.32 Å². The van der Waals surface area contributed by atoms with Crippen LogP contribution in [0.15, 0.2) is 24.3 Å². The van der Waals surface area contributed by atoms with E-state index in [0.29, 0.717) is 16.6 Å². The molecule has 1 amide bonds. The lowest BCUT2D eigenvalue weighted by molar-refractivity contribution is -0.141. The molecule has 0 saturated carbocycles. The molecule has 1 aromatic carbocycles. The van der Waals surface area contributed by atoms with Crippen LogP contribution < -0.4 is 10.1 Å². The Hall–Kier alpha value is -1.33. The van der Waals surface area contributed by atoms with Crippen LogP contribution in [-0.4, -0.2) is 27.4 Å². The minimum absolute atomic E-state index is 0.00893. The number of benzene rings is 1. The summed E-state index contributed by atoms with van der Waals surface area (Å²) in [4.78, 5) is 12.2. The average molecular weight is 350 g/mol. The molecule has 4 nitrogen and oxygen atoms in total. The van der Waals surface area contributed by atoms with Crippen molar-refractivity contribution in [2.24, 2.45) is 0 Å². The predicted octanol–water partition coefficient (Wildman–Crippen LogP) is 4.43. The van der Waals surface area contributed by atoms with Crippen LogP contribution in [0, 0.1) is 0 Å². The number of rotatable bonds is 7. The molecule has 1 fully saturated rings. The standard InChI is InChI=1S/C19H31NO3Si/c1-12(2)24(13(3)4,14(5)6)23-18-17(20-19(18)21)15-8-10-16(22-7)11-9-15/h8-14,17-18H,1-7H3,(H,20,21)/t17-,18+/m0/s1. The second kappa shape index (κ2) is 7.27. The van der Waals surface area contributed by atoms with Gasteiger partial charge in [-0.3, -0.25) is 4.79 Å². The van der Waals surface area contributed by atoms with Crippen LogP contribution >= 0.6 is 0 Å². The fraction of sp³-hybridized carbons (Fsp3) is 0.632. The average Bonchev–Trinajstić information content (AvgIpc) is 2.52. The molecule has 1 saturated heterocycles. The molecule has 24 heavy (non-hydrogen) atoms. The lowest BCUT2D eigenvalue weighted by Gasteiger charge is -2.48. The van der Waals surface area contributed by atoms with Gasteiger partial charge in [0.05, 0.1) is 13.2 Å². The molecule has 1 aliphatic heterocycles. The number of β-lactam (4-membered cyclic amide) rings is 1. The van der Waals surface area contributed by atoms with E-state index >= 15 is 0 Å². The zero-order chi connectivity index (χ0) is 18.1. The third-order valence-electron chi connectivity index (χ3n) is 5.37. The van der Waals surface area contributed by atoms with E-state index in [1.54, 1.807) is 7.11 Å². The summed E-state index contributed by atoms with van der Waals surface area (Å²) in [5.41, 5.74) is 2.45. The minimum Gasteiger partial charge on any atom is -0.497 e. The highest BCUT2D eigenvalue weighted by Crippen LogP contribution is 2.45. The smallest absolute Gasteiger partial charge is 0.251 e. The Labute approximate surface area is 147 Å². The molecule has 0 radical (unpaired) electrons. The van der Waals surface area contributed by atoms with Crippen LogP contribution in [-0.2, 0) is 9.22 Å². The Kier molecular flexibility index (Phi) is 5.76. The molecule has 0 aromatic heterocycles. The molecule has 5 heteroatoms. The molecule has 1 aromatic rings. The van der Waals surface area contributed by atoms with E-state index in [1.165, 1.54) is 0 Å². The van der Waals surface area contributed by atoms with Gasteiger partial charge in [0, 0.05) is 0 Å². The first-order valence-corrected chi connectivity index (χ1v) is 11.0. The van der Waals surface area contributed by atoms with Crippen molar-refractivity contribution in [3.63, 3.8) is 0 Å². The SMILES string of the molecule is COc1ccc([C@@H]2NC(=O)[C@@H]2O[Si](C(C)C)(C(C)C)C(C)C)cc1. The summed E-state index contributed by atoms with van der Waals surface area (Å²) < 4.78 is 11.9. The molecule has 0 aliphatic carbocycles. The molecule has 1 heterocycles. The zero-order valence-corrected chi connectivity index (χ0v) is 16.9. The molecule has 0 bridgehead atoms. The van der Waals surface area contributed by atoms with E-state index in [-0.39, 0.29) is 18.1 Å². The number of hydrogen-bond donors (Lipinski definition) is 1. The summed E-state index contributed by atoms with van der Waals surface area (Å²) >= 11 is 0. The van der Waals surface area contributed by atoms with Gasteiger partial charge in [-0.1, -0.05) is 53.7 Å². The molecule has 2 rings (SSSR count). The van der Waals surface area contributed by atoms with E-state index in [0.717, 1.165) is 11.3 Å². The maximum absolute atomic E-state index is 12.2. The molecule has 0 spiro atoms. The van der Waals surface area contributed by atoms with Gasteiger partial charge in [-0.25, -0.2) is 0 Å². The van der Waals surface area contributed by atoms with Crippen molar-refractivity contribution in [1.82, 2.24) is 5.32 Å². The van der Waals surface area contributed by atoms with Gasteiger partial charge in [-0.15, -0.1) is 0 Å². The van der Waals surface area contributed by atoms with Crippen molar-refractivity contribution in [2.75, 3.05) is 7.11 Å². The van der Waals surface area contributed by atoms with Crippen LogP contribution in [0.3, 0.4) is 0 Å². The number of methoxy groups -OCH3 is 1. The summed E-state index contributed by atoms with van der Waals surface area (Å²) in [5.74, 6) is 0.826. The van der Waals surface area contributed by atoms with Gasteiger partial charge in [0.1, 0.15) is 11.9 Å². The van der Waals surface area contributed by atoms with Crippen LogP contribution in [0.5, 0.6) is 5.75 Å². The van der Waals surface area contributed by atoms with Gasteiger partial charge >= 0.3 is 0 Å². The lowest BCUT2D eigenvalue weighted by atomic mass is 9.94. The normalized spacial score (nSPS) is 21.2. The summed E-state index contributed by atoms with van der Waals surface area (Å²) in [6.07, 6.45) is -0.378. The molecule has 2 atom stereocenters. The molecule has 0 unspecified atom stereocenters. The highest BCUT2D eigenvalue weighted by atomic mass is 28.4. The minimum atomic E-state index is -2.08. The number of hydrogen-bond acceptors (Lipinski definition) is 3. The van der Waals surface area contributed by atoms with Gasteiger partial charge in [-0.05, 0) is 34.3 Å². The molecule has 1 aliphatic rings. The maximum Gasteiger partial charge on any atom is 0.251 e. The van der Waals surface area contributed by atoms with Gasteiger partial charge in [-0.2, -0.15) is 0 Å². The lowest BCUT2D eigenvalue weighted by Crippen LogP contribution is -2.63. The van der Waals surface area contributed by atoms with Crippen molar-refractivity contribution in [3.05, 3.63) is 29.8 Å². The van der Waals surface area contributed by atoms with E-state index in [1.807, 2.05) is 24.3 Å². The second-order valence-electron chi connectivity index (χ2n) is 7.62. The Morgan fingerprint density at radius 3 is 1.83 bits per heavy atom. The van der Waals surface area contributed by atoms with Gasteiger partial charge < -0.3 is 14.5 Å². The van der Waals surface area contributed by atoms with Gasteiger partial charge in [0.25, 0.3) is 5.91 Å². The van der Waals surface area contributed by atoms with Crippen molar-refractivity contribution < 1.29 is 14.0 Å². The quantitative estimate of drug-likeness (QED) is 0.585. The first-order valence-electron chi connectivity index (χ1n) is 8.86. The molecule has 1 N–H and O–H groups in total. The van der Waals surface area contributed by atoms with E-state index < -0.39 is 8.32 Å². The second-order valence-corrected chi connectivity index (χ2v) is 13.0. The van der Waals surface area contributed by atoms with Crippen molar-refractivity contribution >= 4 is 14.2 Å². The largest absolute Gasteiger partial charge is 0.497 e. The number of nitrogens with one attached hydrogen (secondary N) is 1. The fourth-order valence-corrected chi connectivity index (χ4v) is 9.68. The number of ether oxygens (including phenoxy) is 1. The highest BCUT2D eigenvalue weighted by Gasteiger charge is 2.52. The number of carbonyl (C=O) groups excluding carboxylic acids is 1. The predicted molar refractivity (Wildman–Crippen MR) is 99.8 cm³/mol. The van der Waals surface area contributed by atoms with Crippen LogP contribution in [0.4, 0.5) is 0 Å². The maximum atomic E-state index is 12.2. The summed E-state index contributed by atoms with van der Waals surface area (Å²) in [7, 11) is -0.428. The van der Waals surface area contributed by atoms with Crippen molar-refractivity contribution in [3.8, 4) is 5.75 Å². The first kappa shape index (κ1) is 19.0.